The van der Waals surface area contributed by atoms with Crippen LogP contribution in [-0.2, 0) is 0 Å². The van der Waals surface area contributed by atoms with E-state index in [0.29, 0.717) is 6.61 Å². The summed E-state index contributed by atoms with van der Waals surface area (Å²) in [5, 5.41) is 0. The Morgan fingerprint density at radius 3 is 2.62 bits per heavy atom. The fourth-order valence-corrected chi connectivity index (χ4v) is 1.59. The molecule has 0 aliphatic heterocycles. The highest BCUT2D eigenvalue weighted by atomic mass is 16.5. The molecule has 2 nitrogen and oxygen atoms in total. The molecule has 16 heavy (non-hydrogen) atoms. The molecule has 0 aliphatic rings. The van der Waals surface area contributed by atoms with Gasteiger partial charge in [-0.2, -0.15) is 0 Å². The number of Topliss-reactive ketones (excluding diaryl/α,β-unsaturated/α-hetero) is 1. The first kappa shape index (κ1) is 12.5. The second kappa shape index (κ2) is 5.50. The number of carbonyl (C=O) groups excluding carboxylic acids is 1. The van der Waals surface area contributed by atoms with Crippen molar-refractivity contribution in [3.05, 3.63) is 41.5 Å². The predicted molar refractivity (Wildman–Crippen MR) is 66.2 cm³/mol. The van der Waals surface area contributed by atoms with E-state index in [9.17, 15) is 4.79 Å². The molecule has 86 valence electrons. The number of hydrogen-bond acceptors (Lipinski definition) is 2. The highest BCUT2D eigenvalue weighted by Gasteiger charge is 2.09. The molecule has 0 aliphatic carbocycles. The summed E-state index contributed by atoms with van der Waals surface area (Å²) >= 11 is 0. The Morgan fingerprint density at radius 2 is 2.06 bits per heavy atom. The van der Waals surface area contributed by atoms with E-state index in [0.717, 1.165) is 28.9 Å². The third-order valence-corrected chi connectivity index (χ3v) is 2.70. The SMILES string of the molecule is C=CCCOc1ccc(C(C)=O)c(C)c1C. The van der Waals surface area contributed by atoms with Crippen LogP contribution in [0.1, 0.15) is 34.8 Å². The van der Waals surface area contributed by atoms with Gasteiger partial charge in [0.2, 0.25) is 0 Å². The summed E-state index contributed by atoms with van der Waals surface area (Å²) in [6.45, 7) is 9.78. The van der Waals surface area contributed by atoms with E-state index < -0.39 is 0 Å². The maximum atomic E-state index is 11.3. The number of carbonyl (C=O) groups is 1. The first-order valence-electron chi connectivity index (χ1n) is 5.42. The van der Waals surface area contributed by atoms with Crippen LogP contribution < -0.4 is 4.74 Å². The molecule has 2 heteroatoms. The topological polar surface area (TPSA) is 26.3 Å². The molecule has 0 atom stereocenters. The summed E-state index contributed by atoms with van der Waals surface area (Å²) in [7, 11) is 0. The van der Waals surface area contributed by atoms with Crippen molar-refractivity contribution in [3.8, 4) is 5.75 Å². The molecule has 0 radical (unpaired) electrons. The average molecular weight is 218 g/mol. The zero-order valence-corrected chi connectivity index (χ0v) is 10.2. The quantitative estimate of drug-likeness (QED) is 0.430. The minimum absolute atomic E-state index is 0.0956. The maximum Gasteiger partial charge on any atom is 0.160 e. The molecule has 0 unspecified atom stereocenters. The Balaban J connectivity index is 2.93. The van der Waals surface area contributed by atoms with Crippen LogP contribution in [0, 0.1) is 13.8 Å². The van der Waals surface area contributed by atoms with Gasteiger partial charge in [-0.25, -0.2) is 0 Å². The Kier molecular flexibility index (Phi) is 4.29. The van der Waals surface area contributed by atoms with Gasteiger partial charge in [0, 0.05) is 5.56 Å². The molecule has 0 heterocycles. The second-order valence-electron chi connectivity index (χ2n) is 3.84. The molecule has 0 N–H and O–H groups in total. The van der Waals surface area contributed by atoms with Crippen LogP contribution in [0.2, 0.25) is 0 Å². The number of hydrogen-bond donors (Lipinski definition) is 0. The van der Waals surface area contributed by atoms with E-state index >= 15 is 0 Å². The number of benzene rings is 1. The maximum absolute atomic E-state index is 11.3. The van der Waals surface area contributed by atoms with Crippen LogP contribution in [0.4, 0.5) is 0 Å². The first-order valence-corrected chi connectivity index (χ1v) is 5.42. The minimum atomic E-state index is 0.0956. The fourth-order valence-electron chi connectivity index (χ4n) is 1.59. The average Bonchev–Trinajstić information content (AvgIpc) is 2.24. The fraction of sp³-hybridized carbons (Fsp3) is 0.357. The van der Waals surface area contributed by atoms with Gasteiger partial charge >= 0.3 is 0 Å². The standard InChI is InChI=1S/C14H18O2/c1-5-6-9-16-14-8-7-13(12(4)15)10(2)11(14)3/h5,7-8H,1,6,9H2,2-4H3. The van der Waals surface area contributed by atoms with Crippen LogP contribution in [-0.4, -0.2) is 12.4 Å². The number of rotatable bonds is 5. The zero-order chi connectivity index (χ0) is 12.1. The number of ether oxygens (including phenoxy) is 1. The summed E-state index contributed by atoms with van der Waals surface area (Å²) in [6, 6.07) is 3.69. The van der Waals surface area contributed by atoms with Crippen LogP contribution in [0.3, 0.4) is 0 Å². The molecule has 0 saturated heterocycles. The Hall–Kier alpha value is -1.57. The zero-order valence-electron chi connectivity index (χ0n) is 10.2. The molecule has 0 spiro atoms. The third-order valence-electron chi connectivity index (χ3n) is 2.70. The van der Waals surface area contributed by atoms with Crippen molar-refractivity contribution in [1.82, 2.24) is 0 Å². The van der Waals surface area contributed by atoms with Crippen molar-refractivity contribution >= 4 is 5.78 Å². The molecule has 1 aromatic carbocycles. The molecule has 1 rings (SSSR count). The van der Waals surface area contributed by atoms with Crippen molar-refractivity contribution in [3.63, 3.8) is 0 Å². The van der Waals surface area contributed by atoms with Gasteiger partial charge in [0.25, 0.3) is 0 Å². The Bertz CT molecular complexity index is 405. The van der Waals surface area contributed by atoms with Gasteiger partial charge in [0.15, 0.2) is 5.78 Å². The lowest BCUT2D eigenvalue weighted by Crippen LogP contribution is -2.02. The van der Waals surface area contributed by atoms with Crippen molar-refractivity contribution in [2.24, 2.45) is 0 Å². The second-order valence-corrected chi connectivity index (χ2v) is 3.84. The van der Waals surface area contributed by atoms with Gasteiger partial charge in [0.1, 0.15) is 5.75 Å². The normalized spacial score (nSPS) is 9.94. The van der Waals surface area contributed by atoms with Crippen LogP contribution in [0.5, 0.6) is 5.75 Å². The first-order chi connectivity index (χ1) is 7.57. The van der Waals surface area contributed by atoms with E-state index in [4.69, 9.17) is 4.74 Å². The van der Waals surface area contributed by atoms with E-state index in [-0.39, 0.29) is 5.78 Å². The van der Waals surface area contributed by atoms with Crippen LogP contribution >= 0.6 is 0 Å². The smallest absolute Gasteiger partial charge is 0.160 e. The molecule has 0 saturated carbocycles. The predicted octanol–water partition coefficient (Wildman–Crippen LogP) is 3.46. The Labute approximate surface area is 96.9 Å². The summed E-state index contributed by atoms with van der Waals surface area (Å²) < 4.78 is 5.61. The van der Waals surface area contributed by atoms with Gasteiger partial charge < -0.3 is 4.74 Å². The highest BCUT2D eigenvalue weighted by Crippen LogP contribution is 2.24. The van der Waals surface area contributed by atoms with Gasteiger partial charge in [-0.15, -0.1) is 6.58 Å². The van der Waals surface area contributed by atoms with Crippen LogP contribution in [0.15, 0.2) is 24.8 Å². The Morgan fingerprint density at radius 1 is 1.38 bits per heavy atom. The molecule has 0 fully saturated rings. The van der Waals surface area contributed by atoms with Crippen LogP contribution in [0.25, 0.3) is 0 Å². The van der Waals surface area contributed by atoms with E-state index in [1.165, 1.54) is 0 Å². The van der Waals surface area contributed by atoms with Crippen molar-refractivity contribution < 1.29 is 9.53 Å². The molecule has 0 aromatic heterocycles. The third kappa shape index (κ3) is 2.72. The number of ketones is 1. The molecular weight excluding hydrogens is 200 g/mol. The van der Waals surface area contributed by atoms with E-state index in [1.54, 1.807) is 6.92 Å². The van der Waals surface area contributed by atoms with E-state index in [2.05, 4.69) is 6.58 Å². The molecule has 0 bridgehead atoms. The largest absolute Gasteiger partial charge is 0.493 e. The minimum Gasteiger partial charge on any atom is -0.493 e. The summed E-state index contributed by atoms with van der Waals surface area (Å²) in [4.78, 5) is 11.3. The summed E-state index contributed by atoms with van der Waals surface area (Å²) in [5.41, 5.74) is 2.81. The molecule has 0 amide bonds. The molecular formula is C14H18O2. The highest BCUT2D eigenvalue weighted by molar-refractivity contribution is 5.96. The van der Waals surface area contributed by atoms with Crippen molar-refractivity contribution in [2.45, 2.75) is 27.2 Å². The van der Waals surface area contributed by atoms with Crippen molar-refractivity contribution in [1.29, 1.82) is 0 Å². The van der Waals surface area contributed by atoms with Gasteiger partial charge in [-0.3, -0.25) is 4.79 Å². The van der Waals surface area contributed by atoms with Crippen molar-refractivity contribution in [2.75, 3.05) is 6.61 Å². The lowest BCUT2D eigenvalue weighted by Gasteiger charge is -2.12. The van der Waals surface area contributed by atoms with Gasteiger partial charge in [0.05, 0.1) is 6.61 Å². The lowest BCUT2D eigenvalue weighted by atomic mass is 10.00. The summed E-state index contributed by atoms with van der Waals surface area (Å²) in [5.74, 6) is 0.947. The summed E-state index contributed by atoms with van der Waals surface area (Å²) in [6.07, 6.45) is 2.65. The monoisotopic (exact) mass is 218 g/mol. The molecule has 1 aromatic rings. The van der Waals surface area contributed by atoms with Gasteiger partial charge in [-0.05, 0) is 50.5 Å². The lowest BCUT2D eigenvalue weighted by molar-refractivity contribution is 0.101. The van der Waals surface area contributed by atoms with E-state index in [1.807, 2.05) is 32.1 Å². The van der Waals surface area contributed by atoms with Gasteiger partial charge in [-0.1, -0.05) is 6.08 Å².